The first kappa shape index (κ1) is 17.5. The van der Waals surface area contributed by atoms with E-state index in [2.05, 4.69) is 4.74 Å². The number of alkyl halides is 3. The van der Waals surface area contributed by atoms with Gasteiger partial charge in [0.2, 0.25) is 0 Å². The minimum atomic E-state index is -4.85. The van der Waals surface area contributed by atoms with Gasteiger partial charge in [0.25, 0.3) is 14.7 Å². The quantitative estimate of drug-likeness (QED) is 0.339. The number of nitro groups is 1. The Hall–Kier alpha value is -1.59. The predicted octanol–water partition coefficient (Wildman–Crippen LogP) is 2.44. The van der Waals surface area contributed by atoms with Crippen LogP contribution in [0.3, 0.4) is 0 Å². The van der Waals surface area contributed by atoms with E-state index in [1.807, 2.05) is 0 Å². The molecule has 0 saturated heterocycles. The monoisotopic (exact) mass is 349 g/mol. The number of rotatable bonds is 6. The number of hydrogen-bond donors (Lipinski definition) is 0. The van der Waals surface area contributed by atoms with Gasteiger partial charge in [0.05, 0.1) is 11.5 Å². The van der Waals surface area contributed by atoms with Gasteiger partial charge < -0.3 is 4.74 Å². The van der Waals surface area contributed by atoms with Gasteiger partial charge in [-0.2, -0.15) is 0 Å². The topological polar surface area (TPSA) is 95.7 Å². The number of nitrogens with zero attached hydrogens (tertiary/aromatic N) is 1. The minimum absolute atomic E-state index is 0.415. The normalized spacial score (nSPS) is 12.2. The number of benzene rings is 1. The third kappa shape index (κ3) is 5.73. The molecule has 0 N–H and O–H groups in total. The molecule has 0 atom stereocenters. The average Bonchev–Trinajstić information content (AvgIpc) is 2.32. The van der Waals surface area contributed by atoms with Crippen LogP contribution in [0.25, 0.3) is 0 Å². The van der Waals surface area contributed by atoms with Crippen molar-refractivity contribution < 1.29 is 36.0 Å². The Kier molecular flexibility index (Phi) is 5.36. The van der Waals surface area contributed by atoms with Crippen LogP contribution in [0, 0.1) is 10.1 Å². The molecule has 12 heteroatoms. The van der Waals surface area contributed by atoms with E-state index in [1.165, 1.54) is 0 Å². The highest BCUT2D eigenvalue weighted by atomic mass is 35.7. The van der Waals surface area contributed by atoms with Crippen molar-refractivity contribution in [3.63, 3.8) is 0 Å². The van der Waals surface area contributed by atoms with Gasteiger partial charge in [-0.3, -0.25) is 14.9 Å². The molecule has 1 aromatic rings. The summed E-state index contributed by atoms with van der Waals surface area (Å²) < 4.78 is 65.9. The first-order chi connectivity index (χ1) is 9.50. The van der Waals surface area contributed by atoms with Crippen molar-refractivity contribution in [3.05, 3.63) is 28.3 Å². The van der Waals surface area contributed by atoms with Crippen LogP contribution in [-0.4, -0.2) is 32.9 Å². The van der Waals surface area contributed by atoms with Crippen LogP contribution in [0.5, 0.6) is 5.75 Å². The minimum Gasteiger partial charge on any atom is -0.490 e. The molecule has 0 aliphatic rings. The van der Waals surface area contributed by atoms with E-state index in [0.29, 0.717) is 6.07 Å². The van der Waals surface area contributed by atoms with Gasteiger partial charge in [-0.05, 0) is 6.07 Å². The summed E-state index contributed by atoms with van der Waals surface area (Å²) in [4.78, 5) is 8.97. The van der Waals surface area contributed by atoms with E-state index in [0.717, 1.165) is 12.1 Å². The Morgan fingerprint density at radius 3 is 2.38 bits per heavy atom. The van der Waals surface area contributed by atoms with Gasteiger partial charge in [0.1, 0.15) is 17.3 Å². The molecule has 0 aromatic heterocycles. The molecule has 0 heterocycles. The van der Waals surface area contributed by atoms with Gasteiger partial charge in [-0.25, -0.2) is 8.42 Å². The summed E-state index contributed by atoms with van der Waals surface area (Å²) in [6, 6.07) is 2.48. The Morgan fingerprint density at radius 2 is 1.90 bits per heavy atom. The predicted molar refractivity (Wildman–Crippen MR) is 63.6 cm³/mol. The molecular formula is C9H7ClF3NO6S. The van der Waals surface area contributed by atoms with Crippen molar-refractivity contribution in [1.29, 1.82) is 0 Å². The van der Waals surface area contributed by atoms with Gasteiger partial charge in [-0.15, -0.1) is 13.2 Å². The molecule has 1 rings (SSSR count). The Labute approximate surface area is 120 Å². The zero-order chi connectivity index (χ0) is 16.3. The molecule has 1 aromatic carbocycles. The van der Waals surface area contributed by atoms with E-state index >= 15 is 0 Å². The van der Waals surface area contributed by atoms with Crippen molar-refractivity contribution in [2.45, 2.75) is 11.3 Å². The molecule has 0 aliphatic heterocycles. The van der Waals surface area contributed by atoms with E-state index in [1.54, 1.807) is 0 Å². The molecule has 0 saturated carbocycles. The van der Waals surface area contributed by atoms with E-state index in [-0.39, 0.29) is 0 Å². The number of nitro benzene ring substituents is 1. The van der Waals surface area contributed by atoms with Crippen LogP contribution in [-0.2, 0) is 13.8 Å². The standard InChI is InChI=1S/C9H7ClF3NO6S/c10-21(17,18)8-5-6(14(15)16)1-2-7(8)19-3-4-20-9(11,12)13/h1-2,5H,3-4H2. The Morgan fingerprint density at radius 1 is 1.29 bits per heavy atom. The van der Waals surface area contributed by atoms with E-state index in [9.17, 15) is 31.7 Å². The maximum atomic E-state index is 11.7. The smallest absolute Gasteiger partial charge is 0.490 e. The lowest BCUT2D eigenvalue weighted by molar-refractivity contribution is -0.385. The number of ether oxygens (including phenoxy) is 2. The number of non-ortho nitro benzene ring substituents is 1. The Bertz CT molecular complexity index is 633. The number of hydrogen-bond acceptors (Lipinski definition) is 6. The van der Waals surface area contributed by atoms with E-state index in [4.69, 9.17) is 15.4 Å². The second kappa shape index (κ2) is 6.45. The van der Waals surface area contributed by atoms with Gasteiger partial charge in [0.15, 0.2) is 0 Å². The summed E-state index contributed by atoms with van der Waals surface area (Å²) in [5.41, 5.74) is -0.562. The molecule has 0 spiro atoms. The summed E-state index contributed by atoms with van der Waals surface area (Å²) in [7, 11) is 0.709. The van der Waals surface area contributed by atoms with Gasteiger partial charge >= 0.3 is 6.36 Å². The molecule has 7 nitrogen and oxygen atoms in total. The van der Waals surface area contributed by atoms with Crippen molar-refractivity contribution in [2.75, 3.05) is 13.2 Å². The van der Waals surface area contributed by atoms with E-state index < -0.39 is 49.9 Å². The third-order valence-electron chi connectivity index (χ3n) is 2.01. The summed E-state index contributed by atoms with van der Waals surface area (Å²) in [5.74, 6) is -0.415. The SMILES string of the molecule is O=[N+]([O-])c1ccc(OCCOC(F)(F)F)c(S(=O)(=O)Cl)c1. The second-order valence-electron chi connectivity index (χ2n) is 3.47. The van der Waals surface area contributed by atoms with Crippen LogP contribution in [0.1, 0.15) is 0 Å². The fraction of sp³-hybridized carbons (Fsp3) is 0.333. The summed E-state index contributed by atoms with van der Waals surface area (Å²) in [6.45, 7) is -1.51. The largest absolute Gasteiger partial charge is 0.522 e. The summed E-state index contributed by atoms with van der Waals surface area (Å²) >= 11 is 0. The molecular weight excluding hydrogens is 343 g/mol. The fourth-order valence-electron chi connectivity index (χ4n) is 1.23. The zero-order valence-electron chi connectivity index (χ0n) is 9.96. The Balaban J connectivity index is 2.89. The molecule has 0 aliphatic carbocycles. The molecule has 0 bridgehead atoms. The van der Waals surface area contributed by atoms with Gasteiger partial charge in [-0.1, -0.05) is 0 Å². The summed E-state index contributed by atoms with van der Waals surface area (Å²) in [5, 5.41) is 10.5. The van der Waals surface area contributed by atoms with Gasteiger partial charge in [0, 0.05) is 22.8 Å². The second-order valence-corrected chi connectivity index (χ2v) is 6.00. The van der Waals surface area contributed by atoms with Crippen molar-refractivity contribution in [3.8, 4) is 5.75 Å². The maximum absolute atomic E-state index is 11.7. The highest BCUT2D eigenvalue weighted by molar-refractivity contribution is 8.13. The van der Waals surface area contributed by atoms with Crippen molar-refractivity contribution in [1.82, 2.24) is 0 Å². The van der Waals surface area contributed by atoms with Crippen LogP contribution in [0.4, 0.5) is 18.9 Å². The third-order valence-corrected chi connectivity index (χ3v) is 3.35. The molecule has 0 amide bonds. The molecule has 118 valence electrons. The lowest BCUT2D eigenvalue weighted by Crippen LogP contribution is -2.18. The first-order valence-electron chi connectivity index (χ1n) is 5.07. The van der Waals surface area contributed by atoms with Crippen LogP contribution in [0.2, 0.25) is 0 Å². The molecule has 21 heavy (non-hydrogen) atoms. The van der Waals surface area contributed by atoms with Crippen LogP contribution >= 0.6 is 10.7 Å². The molecule has 0 fully saturated rings. The molecule has 0 unspecified atom stereocenters. The fourth-order valence-corrected chi connectivity index (χ4v) is 2.22. The van der Waals surface area contributed by atoms with Crippen molar-refractivity contribution >= 4 is 25.4 Å². The van der Waals surface area contributed by atoms with Crippen molar-refractivity contribution in [2.24, 2.45) is 0 Å². The maximum Gasteiger partial charge on any atom is 0.522 e. The van der Waals surface area contributed by atoms with Crippen LogP contribution < -0.4 is 4.74 Å². The lowest BCUT2D eigenvalue weighted by atomic mass is 10.3. The highest BCUT2D eigenvalue weighted by Crippen LogP contribution is 2.30. The number of halogens is 4. The summed E-state index contributed by atoms with van der Waals surface area (Å²) in [6.07, 6.45) is -4.85. The highest BCUT2D eigenvalue weighted by Gasteiger charge is 2.29. The average molecular weight is 350 g/mol. The first-order valence-corrected chi connectivity index (χ1v) is 7.38. The molecule has 0 radical (unpaired) electrons. The van der Waals surface area contributed by atoms with Crippen LogP contribution in [0.15, 0.2) is 23.1 Å². The zero-order valence-corrected chi connectivity index (χ0v) is 11.5. The lowest BCUT2D eigenvalue weighted by Gasteiger charge is -2.11.